The third kappa shape index (κ3) is 5.46. The SMILES string of the molecule is CCc1nn(C)c(CC)c1CNC(=NC)NCc1cc(C(C)C)no1.I. The van der Waals surface area contributed by atoms with E-state index in [4.69, 9.17) is 4.52 Å². The number of halogens is 1. The van der Waals surface area contributed by atoms with E-state index in [9.17, 15) is 0 Å². The van der Waals surface area contributed by atoms with Crippen molar-refractivity contribution in [3.05, 3.63) is 34.5 Å². The van der Waals surface area contributed by atoms with Gasteiger partial charge in [0.1, 0.15) is 0 Å². The number of nitrogens with zero attached hydrogens (tertiary/aromatic N) is 4. The molecule has 0 amide bonds. The molecule has 2 aromatic heterocycles. The molecule has 0 bridgehead atoms. The minimum Gasteiger partial charge on any atom is -0.359 e. The number of aryl methyl sites for hydroxylation is 2. The highest BCUT2D eigenvalue weighted by Gasteiger charge is 2.14. The van der Waals surface area contributed by atoms with Crippen LogP contribution in [0.4, 0.5) is 0 Å². The third-order valence-electron chi connectivity index (χ3n) is 4.28. The van der Waals surface area contributed by atoms with Gasteiger partial charge in [-0.2, -0.15) is 5.10 Å². The van der Waals surface area contributed by atoms with Crippen molar-refractivity contribution in [1.29, 1.82) is 0 Å². The number of hydrogen-bond acceptors (Lipinski definition) is 4. The van der Waals surface area contributed by atoms with E-state index in [1.807, 2.05) is 17.8 Å². The molecule has 0 aromatic carbocycles. The van der Waals surface area contributed by atoms with E-state index < -0.39 is 0 Å². The van der Waals surface area contributed by atoms with Gasteiger partial charge in [-0.15, -0.1) is 24.0 Å². The molecule has 0 saturated heterocycles. The summed E-state index contributed by atoms with van der Waals surface area (Å²) in [6, 6.07) is 1.98. The average molecular weight is 474 g/mol. The molecule has 2 aromatic rings. The number of rotatable bonds is 7. The second kappa shape index (κ2) is 10.5. The topological polar surface area (TPSA) is 80.3 Å². The predicted octanol–water partition coefficient (Wildman–Crippen LogP) is 3.14. The summed E-state index contributed by atoms with van der Waals surface area (Å²) in [5.74, 6) is 1.90. The van der Waals surface area contributed by atoms with Gasteiger partial charge in [0.05, 0.1) is 17.9 Å². The van der Waals surface area contributed by atoms with E-state index in [1.165, 1.54) is 11.3 Å². The summed E-state index contributed by atoms with van der Waals surface area (Å²) in [4.78, 5) is 4.28. The summed E-state index contributed by atoms with van der Waals surface area (Å²) in [5, 5.41) is 15.3. The number of nitrogens with one attached hydrogen (secondary N) is 2. The second-order valence-corrected chi connectivity index (χ2v) is 6.35. The fraction of sp³-hybridized carbons (Fsp3) is 0.611. The molecule has 0 unspecified atom stereocenters. The molecule has 2 rings (SSSR count). The quantitative estimate of drug-likeness (QED) is 0.366. The van der Waals surface area contributed by atoms with Crippen molar-refractivity contribution in [2.45, 2.75) is 59.5 Å². The molecule has 0 atom stereocenters. The van der Waals surface area contributed by atoms with E-state index in [0.29, 0.717) is 19.0 Å². The summed E-state index contributed by atoms with van der Waals surface area (Å²) in [5.41, 5.74) is 4.63. The first-order chi connectivity index (χ1) is 12.0. The molecule has 0 saturated carbocycles. The standard InChI is InChI=1S/C18H30N6O.HI/c1-7-15-14(17(8-2)24(6)22-15)11-21-18(19-5)20-10-13-9-16(12(3)4)23-25-13;/h9,12H,7-8,10-11H2,1-6H3,(H2,19,20,21);1H. The van der Waals surface area contributed by atoms with Crippen LogP contribution in [0.1, 0.15) is 62.0 Å². The van der Waals surface area contributed by atoms with Gasteiger partial charge < -0.3 is 15.2 Å². The Labute approximate surface area is 173 Å². The maximum atomic E-state index is 5.35. The summed E-state index contributed by atoms with van der Waals surface area (Å²) in [7, 11) is 3.77. The first-order valence-electron chi connectivity index (χ1n) is 8.93. The Balaban J connectivity index is 0.00000338. The lowest BCUT2D eigenvalue weighted by molar-refractivity contribution is 0.372. The van der Waals surface area contributed by atoms with E-state index in [-0.39, 0.29) is 24.0 Å². The van der Waals surface area contributed by atoms with Crippen molar-refractivity contribution in [1.82, 2.24) is 25.6 Å². The Bertz CT molecular complexity index is 719. The Morgan fingerprint density at radius 1 is 1.23 bits per heavy atom. The Morgan fingerprint density at radius 3 is 2.46 bits per heavy atom. The lowest BCUT2D eigenvalue weighted by Gasteiger charge is -2.12. The van der Waals surface area contributed by atoms with Crippen LogP contribution < -0.4 is 10.6 Å². The molecular weight excluding hydrogens is 443 g/mol. The van der Waals surface area contributed by atoms with Crippen LogP contribution in [0.25, 0.3) is 0 Å². The zero-order valence-electron chi connectivity index (χ0n) is 16.6. The van der Waals surface area contributed by atoms with Crippen LogP contribution in [0.15, 0.2) is 15.6 Å². The van der Waals surface area contributed by atoms with Gasteiger partial charge >= 0.3 is 0 Å². The summed E-state index contributed by atoms with van der Waals surface area (Å²) >= 11 is 0. The van der Waals surface area contributed by atoms with Gasteiger partial charge in [-0.05, 0) is 18.8 Å². The van der Waals surface area contributed by atoms with Crippen molar-refractivity contribution in [2.75, 3.05) is 7.05 Å². The zero-order chi connectivity index (χ0) is 18.4. The first-order valence-corrected chi connectivity index (χ1v) is 8.93. The molecule has 0 spiro atoms. The highest BCUT2D eigenvalue weighted by molar-refractivity contribution is 14.0. The monoisotopic (exact) mass is 474 g/mol. The van der Waals surface area contributed by atoms with Crippen molar-refractivity contribution in [3.63, 3.8) is 0 Å². The minimum atomic E-state index is 0. The molecule has 0 fully saturated rings. The number of guanidine groups is 1. The average Bonchev–Trinajstić information content (AvgIpc) is 3.19. The molecule has 7 nitrogen and oxygen atoms in total. The highest BCUT2D eigenvalue weighted by atomic mass is 127. The van der Waals surface area contributed by atoms with Crippen molar-refractivity contribution in [2.24, 2.45) is 12.0 Å². The lowest BCUT2D eigenvalue weighted by atomic mass is 10.1. The molecule has 0 radical (unpaired) electrons. The molecular formula is C18H31IN6O. The zero-order valence-corrected chi connectivity index (χ0v) is 18.9. The normalized spacial score (nSPS) is 11.6. The maximum absolute atomic E-state index is 5.35. The molecule has 26 heavy (non-hydrogen) atoms. The fourth-order valence-corrected chi connectivity index (χ4v) is 2.84. The van der Waals surface area contributed by atoms with E-state index >= 15 is 0 Å². The van der Waals surface area contributed by atoms with Gasteiger partial charge in [0, 0.05) is 38.0 Å². The number of aromatic nitrogens is 3. The smallest absolute Gasteiger partial charge is 0.191 e. The number of aliphatic imine (C=N–C) groups is 1. The van der Waals surface area contributed by atoms with Gasteiger partial charge in [0.15, 0.2) is 11.7 Å². The van der Waals surface area contributed by atoms with E-state index in [2.05, 4.69) is 53.6 Å². The van der Waals surface area contributed by atoms with Gasteiger partial charge in [0.25, 0.3) is 0 Å². The number of hydrogen-bond donors (Lipinski definition) is 2. The summed E-state index contributed by atoms with van der Waals surface area (Å²) in [6.07, 6.45) is 1.88. The van der Waals surface area contributed by atoms with Gasteiger partial charge in [0.2, 0.25) is 0 Å². The van der Waals surface area contributed by atoms with E-state index in [1.54, 1.807) is 7.05 Å². The molecule has 8 heteroatoms. The van der Waals surface area contributed by atoms with Crippen LogP contribution in [-0.4, -0.2) is 27.9 Å². The van der Waals surface area contributed by atoms with Crippen molar-refractivity contribution < 1.29 is 4.52 Å². The van der Waals surface area contributed by atoms with Gasteiger partial charge in [-0.3, -0.25) is 9.67 Å². The predicted molar refractivity (Wildman–Crippen MR) is 115 cm³/mol. The first kappa shape index (κ1) is 22.5. The molecule has 146 valence electrons. The van der Waals surface area contributed by atoms with Crippen LogP contribution in [0.2, 0.25) is 0 Å². The molecule has 0 aliphatic heterocycles. The van der Waals surface area contributed by atoms with Gasteiger partial charge in [-0.1, -0.05) is 32.9 Å². The third-order valence-corrected chi connectivity index (χ3v) is 4.28. The Morgan fingerprint density at radius 2 is 1.92 bits per heavy atom. The van der Waals surface area contributed by atoms with Gasteiger partial charge in [-0.25, -0.2) is 0 Å². The summed E-state index contributed by atoms with van der Waals surface area (Å²) < 4.78 is 7.33. The Kier molecular flexibility index (Phi) is 9.11. The van der Waals surface area contributed by atoms with E-state index in [0.717, 1.165) is 35.9 Å². The van der Waals surface area contributed by atoms with Crippen LogP contribution in [-0.2, 0) is 33.0 Å². The molecule has 0 aliphatic rings. The summed E-state index contributed by atoms with van der Waals surface area (Å²) in [6.45, 7) is 9.74. The largest absolute Gasteiger partial charge is 0.359 e. The van der Waals surface area contributed by atoms with Crippen LogP contribution in [0, 0.1) is 0 Å². The lowest BCUT2D eigenvalue weighted by Crippen LogP contribution is -2.36. The molecule has 2 heterocycles. The van der Waals surface area contributed by atoms with Crippen LogP contribution in [0.3, 0.4) is 0 Å². The second-order valence-electron chi connectivity index (χ2n) is 6.35. The van der Waals surface area contributed by atoms with Crippen LogP contribution >= 0.6 is 24.0 Å². The maximum Gasteiger partial charge on any atom is 0.191 e. The fourth-order valence-electron chi connectivity index (χ4n) is 2.84. The molecule has 0 aliphatic carbocycles. The van der Waals surface area contributed by atoms with Crippen molar-refractivity contribution in [3.8, 4) is 0 Å². The minimum absolute atomic E-state index is 0. The van der Waals surface area contributed by atoms with Crippen LogP contribution in [0.5, 0.6) is 0 Å². The molecule has 2 N–H and O–H groups in total. The Hall–Kier alpha value is -1.58. The van der Waals surface area contributed by atoms with Crippen molar-refractivity contribution >= 4 is 29.9 Å². The highest BCUT2D eigenvalue weighted by Crippen LogP contribution is 2.15.